The number of thiazole rings is 2. The molecular weight excluding hydrogens is 855 g/mol. The predicted molar refractivity (Wildman–Crippen MR) is 287 cm³/mol. The molecule has 0 aliphatic heterocycles. The molecule has 0 spiro atoms. The molecule has 0 saturated heterocycles. The largest absolute Gasteiger partial charge is 0.245 e. The number of aromatic nitrogens is 3. The zero-order valence-electron chi connectivity index (χ0n) is 36.8. The lowest BCUT2D eigenvalue weighted by Gasteiger charge is -2.17. The van der Waals surface area contributed by atoms with Crippen molar-refractivity contribution in [3.63, 3.8) is 0 Å². The van der Waals surface area contributed by atoms with E-state index in [9.17, 15) is 0 Å². The maximum atomic E-state index is 5.38. The van der Waals surface area contributed by atoms with Crippen LogP contribution in [0.15, 0.2) is 206 Å². The molecule has 6 heteroatoms. The van der Waals surface area contributed by atoms with Gasteiger partial charge in [0, 0.05) is 21.9 Å². The normalized spacial score (nSPS) is 11.9. The highest BCUT2D eigenvalue weighted by molar-refractivity contribution is 7.23. The van der Waals surface area contributed by atoms with Crippen molar-refractivity contribution < 1.29 is 0 Å². The Morgan fingerprint density at radius 2 is 0.742 bits per heavy atom. The van der Waals surface area contributed by atoms with Crippen molar-refractivity contribution >= 4 is 77.9 Å². The van der Waals surface area contributed by atoms with E-state index in [0.29, 0.717) is 0 Å². The van der Waals surface area contributed by atoms with E-state index in [1.165, 1.54) is 69.5 Å². The van der Waals surface area contributed by atoms with Gasteiger partial charge in [-0.3, -0.25) is 0 Å². The van der Waals surface area contributed by atoms with Gasteiger partial charge in [-0.1, -0.05) is 183 Å². The van der Waals surface area contributed by atoms with Crippen molar-refractivity contribution in [2.75, 3.05) is 0 Å². The van der Waals surface area contributed by atoms with Crippen molar-refractivity contribution in [2.45, 2.75) is 19.6 Å². The van der Waals surface area contributed by atoms with Crippen LogP contribution in [0.25, 0.3) is 119 Å². The van der Waals surface area contributed by atoms with E-state index in [1.807, 2.05) is 0 Å². The fraction of sp³-hybridized carbons (Fsp3) is 0.0500. The summed E-state index contributed by atoms with van der Waals surface area (Å²) in [6.07, 6.45) is 0. The molecule has 0 amide bonds. The lowest BCUT2D eigenvalue weighted by atomic mass is 9.94. The Balaban J connectivity index is 0.912. The summed E-state index contributed by atoms with van der Waals surface area (Å²) in [5.41, 5.74) is 15.3. The molecule has 0 aliphatic carbocycles. The zero-order chi connectivity index (χ0) is 44.4. The molecule has 3 aromatic heterocycles. The van der Waals surface area contributed by atoms with Gasteiger partial charge in [-0.25, -0.2) is 15.0 Å². The van der Waals surface area contributed by atoms with Crippen molar-refractivity contribution in [3.8, 4) is 77.0 Å². The van der Waals surface area contributed by atoms with Crippen LogP contribution in [0.4, 0.5) is 0 Å². The molecule has 3 nitrogen and oxygen atoms in total. The number of pyridine rings is 1. The highest BCUT2D eigenvalue weighted by Gasteiger charge is 2.19. The Hall–Kier alpha value is -7.35. The van der Waals surface area contributed by atoms with Gasteiger partial charge in [-0.2, -0.15) is 0 Å². The first kappa shape index (κ1) is 40.2. The first-order chi connectivity index (χ1) is 32.3. The summed E-state index contributed by atoms with van der Waals surface area (Å²) in [7, 11) is -1.36. The quantitative estimate of drug-likeness (QED) is 0.143. The summed E-state index contributed by atoms with van der Waals surface area (Å²) >= 11 is 3.44. The maximum absolute atomic E-state index is 5.38. The number of benzene rings is 9. The van der Waals surface area contributed by atoms with Crippen LogP contribution in [-0.4, -0.2) is 23.0 Å². The molecule has 3 heterocycles. The van der Waals surface area contributed by atoms with Gasteiger partial charge in [0.2, 0.25) is 0 Å². The molecule has 0 saturated carbocycles. The average Bonchev–Trinajstić information content (AvgIpc) is 4.03. The van der Waals surface area contributed by atoms with E-state index in [4.69, 9.17) is 15.0 Å². The van der Waals surface area contributed by atoms with Gasteiger partial charge in [0.25, 0.3) is 0 Å². The third-order valence-electron chi connectivity index (χ3n) is 12.7. The minimum Gasteiger partial charge on any atom is -0.245 e. The summed E-state index contributed by atoms with van der Waals surface area (Å²) in [5.74, 6) is 0. The van der Waals surface area contributed by atoms with Gasteiger partial charge in [-0.05, 0) is 104 Å². The predicted octanol–water partition coefficient (Wildman–Crippen LogP) is 16.8. The van der Waals surface area contributed by atoms with Crippen LogP contribution in [0.5, 0.6) is 0 Å². The second kappa shape index (κ2) is 16.3. The molecule has 0 aliphatic rings. The van der Waals surface area contributed by atoms with E-state index in [0.717, 1.165) is 54.7 Å². The van der Waals surface area contributed by atoms with Gasteiger partial charge >= 0.3 is 0 Å². The van der Waals surface area contributed by atoms with E-state index >= 15 is 0 Å². The Bertz CT molecular complexity index is 3690. The third kappa shape index (κ3) is 7.53. The van der Waals surface area contributed by atoms with E-state index in [-0.39, 0.29) is 0 Å². The molecule has 0 bridgehead atoms. The maximum Gasteiger partial charge on any atom is 0.143 e. The van der Waals surface area contributed by atoms with E-state index in [2.05, 4.69) is 226 Å². The van der Waals surface area contributed by atoms with E-state index < -0.39 is 8.07 Å². The third-order valence-corrected chi connectivity index (χ3v) is 17.0. The van der Waals surface area contributed by atoms with Crippen molar-refractivity contribution in [3.05, 3.63) is 206 Å². The second-order valence-electron chi connectivity index (χ2n) is 18.1. The smallest absolute Gasteiger partial charge is 0.143 e. The lowest BCUT2D eigenvalue weighted by Crippen LogP contribution is -2.37. The van der Waals surface area contributed by atoms with Crippen molar-refractivity contribution in [1.29, 1.82) is 0 Å². The summed E-state index contributed by atoms with van der Waals surface area (Å²) in [6, 6.07) is 74.8. The lowest BCUT2D eigenvalue weighted by molar-refractivity contribution is 1.30. The van der Waals surface area contributed by atoms with Crippen molar-refractivity contribution in [2.24, 2.45) is 0 Å². The van der Waals surface area contributed by atoms with Gasteiger partial charge in [-0.15, -0.1) is 22.7 Å². The molecule has 0 unspecified atom stereocenters. The van der Waals surface area contributed by atoms with Crippen LogP contribution < -0.4 is 5.19 Å². The number of hydrogen-bond acceptors (Lipinski definition) is 5. The molecular formula is C60H43N3S2Si. The molecule has 12 rings (SSSR count). The van der Waals surface area contributed by atoms with Crippen LogP contribution in [0.2, 0.25) is 19.6 Å². The number of rotatable bonds is 8. The minimum absolute atomic E-state index is 0.842. The van der Waals surface area contributed by atoms with Crippen LogP contribution in [-0.2, 0) is 0 Å². The number of hydrogen-bond donors (Lipinski definition) is 0. The summed E-state index contributed by atoms with van der Waals surface area (Å²) < 4.78 is 2.37. The van der Waals surface area contributed by atoms with Gasteiger partial charge in [0.1, 0.15) is 15.7 Å². The Kier molecular flexibility index (Phi) is 9.90. The Morgan fingerprint density at radius 1 is 0.318 bits per heavy atom. The molecule has 314 valence electrons. The molecule has 0 atom stereocenters. The number of nitrogens with zero attached hydrogens (tertiary/aromatic N) is 3. The Morgan fingerprint density at radius 3 is 1.26 bits per heavy atom. The highest BCUT2D eigenvalue weighted by atomic mass is 32.1. The molecule has 0 radical (unpaired) electrons. The molecule has 0 N–H and O–H groups in total. The average molecular weight is 898 g/mol. The topological polar surface area (TPSA) is 38.7 Å². The second-order valence-corrected chi connectivity index (χ2v) is 25.2. The van der Waals surface area contributed by atoms with E-state index in [1.54, 1.807) is 22.7 Å². The highest BCUT2D eigenvalue weighted by Crippen LogP contribution is 2.41. The van der Waals surface area contributed by atoms with Crippen LogP contribution >= 0.6 is 22.7 Å². The van der Waals surface area contributed by atoms with Crippen LogP contribution in [0, 0.1) is 0 Å². The first-order valence-electron chi connectivity index (χ1n) is 22.4. The summed E-state index contributed by atoms with van der Waals surface area (Å²) in [5, 5.41) is 8.20. The minimum atomic E-state index is -1.36. The van der Waals surface area contributed by atoms with Crippen molar-refractivity contribution in [1.82, 2.24) is 15.0 Å². The fourth-order valence-corrected chi connectivity index (χ4v) is 12.4. The summed E-state index contributed by atoms with van der Waals surface area (Å²) in [6.45, 7) is 7.19. The summed E-state index contributed by atoms with van der Waals surface area (Å²) in [4.78, 5) is 15.8. The molecule has 9 aromatic carbocycles. The monoisotopic (exact) mass is 897 g/mol. The Labute approximate surface area is 393 Å². The fourth-order valence-electron chi connectivity index (χ4n) is 9.11. The first-order valence-corrected chi connectivity index (χ1v) is 27.5. The molecule has 0 fully saturated rings. The SMILES string of the molecule is C[Si](C)(C)c1ccc(-c2cccc(-c3cccc(-c4cccc(-c5cccc(-c6cc(-c7nc8ccc9ccccc9c8s7)cc(-c7nc8ccc9ccccc9c8s7)n6)c5)c4)c3)c2)cc1. The van der Waals surface area contributed by atoms with Gasteiger partial charge < -0.3 is 0 Å². The zero-order valence-corrected chi connectivity index (χ0v) is 39.4. The van der Waals surface area contributed by atoms with Gasteiger partial charge in [0.15, 0.2) is 0 Å². The molecule has 12 aromatic rings. The van der Waals surface area contributed by atoms with Crippen LogP contribution in [0.3, 0.4) is 0 Å². The number of fused-ring (bicyclic) bond motifs is 6. The van der Waals surface area contributed by atoms with Gasteiger partial charge in [0.05, 0.1) is 34.2 Å². The van der Waals surface area contributed by atoms with Crippen LogP contribution in [0.1, 0.15) is 0 Å². The molecule has 66 heavy (non-hydrogen) atoms. The standard InChI is InChI=1S/C60H43N3S2Si/c1-66(2,3)50-28-24-38(25-29-50)41-14-8-15-42(32-41)43-16-9-17-44(33-43)45-18-10-19-46(34-45)47-20-11-21-48(35-47)55-36-49(59-62-53-30-26-39-12-4-6-22-51(39)57(53)64-59)37-56(61-55)60-63-54-31-27-40-13-5-7-23-52(40)58(54)65-60/h4-37H,1-3H3.